The predicted octanol–water partition coefficient (Wildman–Crippen LogP) is 15.2. The van der Waals surface area contributed by atoms with Crippen molar-refractivity contribution in [1.29, 1.82) is 0 Å². The highest BCUT2D eigenvalue weighted by atomic mass is 16.3. The molecule has 1 unspecified atom stereocenters. The molecule has 0 amide bonds. The van der Waals surface area contributed by atoms with Crippen LogP contribution in [0.25, 0.3) is 98.6 Å². The predicted molar refractivity (Wildman–Crippen MR) is 258 cm³/mol. The van der Waals surface area contributed by atoms with Crippen LogP contribution in [0.15, 0.2) is 207 Å². The maximum absolute atomic E-state index is 6.64. The third-order valence-electron chi connectivity index (χ3n) is 12.8. The number of allylic oxidation sites excluding steroid dienone is 1. The van der Waals surface area contributed by atoms with E-state index in [-0.39, 0.29) is 5.92 Å². The molecule has 0 radical (unpaired) electrons. The quantitative estimate of drug-likeness (QED) is 0.178. The van der Waals surface area contributed by atoms with E-state index in [9.17, 15) is 0 Å². The number of amidine groups is 1. The number of aromatic nitrogens is 1. The van der Waals surface area contributed by atoms with Crippen LogP contribution in [0.2, 0.25) is 0 Å². The van der Waals surface area contributed by atoms with Crippen molar-refractivity contribution in [3.8, 4) is 5.69 Å². The van der Waals surface area contributed by atoms with Gasteiger partial charge in [0.25, 0.3) is 0 Å². The van der Waals surface area contributed by atoms with Crippen LogP contribution in [-0.4, -0.2) is 16.1 Å². The van der Waals surface area contributed by atoms with Gasteiger partial charge in [-0.25, -0.2) is 9.98 Å². The van der Waals surface area contributed by atoms with Crippen molar-refractivity contribution >= 4 is 104 Å². The summed E-state index contributed by atoms with van der Waals surface area (Å²) >= 11 is 0. The van der Waals surface area contributed by atoms with E-state index >= 15 is 0 Å². The van der Waals surface area contributed by atoms with E-state index in [0.717, 1.165) is 94.1 Å². The van der Waals surface area contributed by atoms with E-state index < -0.39 is 0 Å². The van der Waals surface area contributed by atoms with Crippen LogP contribution in [0.4, 0.5) is 0 Å². The number of rotatable bonds is 4. The van der Waals surface area contributed by atoms with Gasteiger partial charge in [-0.1, -0.05) is 140 Å². The molecule has 1 atom stereocenters. The number of para-hydroxylation sites is 4. The van der Waals surface area contributed by atoms with Crippen LogP contribution < -0.4 is 0 Å². The molecule has 0 spiro atoms. The standard InChI is InChI=1S/C57H37N3O2/c1-34-25-28-46(58-57(39-27-26-35-13-2-3-14-36(35)31-39)59-55(34)44-21-12-20-42-41-18-7-10-23-50(41)62-56(42)44)54-48(29-30-52-53(54)43-19-8-11-24-51(43)61-52)60-47-22-9-6-17-40(47)45-32-37-15-4-5-16-38(37)33-49(45)60/h2-24,26-34H,25H2,1H3/b46-28+,58-57?,59-55?. The Hall–Kier alpha value is -8.02. The van der Waals surface area contributed by atoms with E-state index in [1.165, 1.54) is 26.9 Å². The summed E-state index contributed by atoms with van der Waals surface area (Å²) in [6.07, 6.45) is 3.02. The van der Waals surface area contributed by atoms with Crippen LogP contribution in [0, 0.1) is 5.92 Å². The van der Waals surface area contributed by atoms with E-state index in [1.54, 1.807) is 0 Å². The van der Waals surface area contributed by atoms with Gasteiger partial charge in [-0.3, -0.25) is 0 Å². The van der Waals surface area contributed by atoms with Gasteiger partial charge in [-0.15, -0.1) is 0 Å². The van der Waals surface area contributed by atoms with Crippen molar-refractivity contribution in [3.05, 3.63) is 205 Å². The van der Waals surface area contributed by atoms with Crippen molar-refractivity contribution in [1.82, 2.24) is 4.57 Å². The smallest absolute Gasteiger partial charge is 0.160 e. The van der Waals surface area contributed by atoms with Crippen LogP contribution in [-0.2, 0) is 0 Å². The first-order valence-electron chi connectivity index (χ1n) is 21.3. The topological polar surface area (TPSA) is 55.9 Å². The second kappa shape index (κ2) is 13.5. The van der Waals surface area contributed by atoms with E-state index in [2.05, 4.69) is 181 Å². The van der Waals surface area contributed by atoms with Gasteiger partial charge in [0.05, 0.1) is 28.1 Å². The highest BCUT2D eigenvalue weighted by Crippen LogP contribution is 2.44. The fourth-order valence-electron chi connectivity index (χ4n) is 9.87. The molecule has 13 rings (SSSR count). The molecule has 0 N–H and O–H groups in total. The Kier molecular flexibility index (Phi) is 7.58. The summed E-state index contributed by atoms with van der Waals surface area (Å²) in [5.74, 6) is 0.652. The molecule has 0 bridgehead atoms. The highest BCUT2D eigenvalue weighted by molar-refractivity contribution is 6.22. The lowest BCUT2D eigenvalue weighted by Gasteiger charge is -2.21. The number of furan rings is 2. The minimum absolute atomic E-state index is 0.0121. The van der Waals surface area contributed by atoms with Crippen molar-refractivity contribution in [2.75, 3.05) is 0 Å². The molecule has 1 aliphatic heterocycles. The van der Waals surface area contributed by atoms with Crippen molar-refractivity contribution in [3.63, 3.8) is 0 Å². The normalized spacial score (nSPS) is 15.8. The molecule has 5 nitrogen and oxygen atoms in total. The minimum Gasteiger partial charge on any atom is -0.456 e. The summed E-state index contributed by atoms with van der Waals surface area (Å²) in [5.41, 5.74) is 11.4. The minimum atomic E-state index is 0.0121. The second-order valence-electron chi connectivity index (χ2n) is 16.5. The Morgan fingerprint density at radius 1 is 0.500 bits per heavy atom. The first-order chi connectivity index (χ1) is 30.6. The number of aliphatic imine (C=N–C) groups is 2. The van der Waals surface area contributed by atoms with Crippen molar-refractivity contribution < 1.29 is 8.83 Å². The molecule has 292 valence electrons. The number of hydrogen-bond donors (Lipinski definition) is 0. The van der Waals surface area contributed by atoms with Gasteiger partial charge in [0.15, 0.2) is 5.84 Å². The molecule has 3 aromatic heterocycles. The van der Waals surface area contributed by atoms with Crippen LogP contribution in [0.3, 0.4) is 0 Å². The van der Waals surface area contributed by atoms with Crippen molar-refractivity contribution in [2.45, 2.75) is 13.3 Å². The zero-order chi connectivity index (χ0) is 40.9. The van der Waals surface area contributed by atoms with E-state index in [0.29, 0.717) is 12.3 Å². The zero-order valence-electron chi connectivity index (χ0n) is 33.8. The van der Waals surface area contributed by atoms with Crippen LogP contribution in [0.5, 0.6) is 0 Å². The summed E-state index contributed by atoms with van der Waals surface area (Å²) in [6, 6.07) is 64.4. The molecule has 0 fully saturated rings. The molecule has 5 heteroatoms. The Morgan fingerprint density at radius 2 is 1.18 bits per heavy atom. The van der Waals surface area contributed by atoms with Gasteiger partial charge >= 0.3 is 0 Å². The Morgan fingerprint density at radius 3 is 2.02 bits per heavy atom. The zero-order valence-corrected chi connectivity index (χ0v) is 33.8. The van der Waals surface area contributed by atoms with Gasteiger partial charge < -0.3 is 13.4 Å². The monoisotopic (exact) mass is 795 g/mol. The number of benzene rings is 9. The Bertz CT molecular complexity index is 3930. The summed E-state index contributed by atoms with van der Waals surface area (Å²) < 4.78 is 15.7. The van der Waals surface area contributed by atoms with E-state index in [4.69, 9.17) is 18.8 Å². The van der Waals surface area contributed by atoms with Gasteiger partial charge in [-0.2, -0.15) is 0 Å². The third-order valence-corrected chi connectivity index (χ3v) is 12.8. The molecule has 0 saturated carbocycles. The van der Waals surface area contributed by atoms with E-state index in [1.807, 2.05) is 18.2 Å². The van der Waals surface area contributed by atoms with Crippen LogP contribution in [0.1, 0.15) is 30.0 Å². The number of fused-ring (bicyclic) bond motifs is 11. The maximum atomic E-state index is 6.64. The fraction of sp³-hybridized carbons (Fsp3) is 0.0526. The molecule has 9 aromatic carbocycles. The van der Waals surface area contributed by atoms with Gasteiger partial charge in [0.2, 0.25) is 0 Å². The van der Waals surface area contributed by atoms with Crippen molar-refractivity contribution in [2.24, 2.45) is 15.9 Å². The van der Waals surface area contributed by atoms with Gasteiger partial charge in [0, 0.05) is 54.9 Å². The lowest BCUT2D eigenvalue weighted by molar-refractivity contribution is 0.666. The number of hydrogen-bond acceptors (Lipinski definition) is 4. The first kappa shape index (κ1) is 34.8. The lowest BCUT2D eigenvalue weighted by atomic mass is 9.91. The SMILES string of the molecule is CC1C/C=C(\c2c(-n3c4ccccc4c4cc5ccccc5cc43)ccc3oc4ccccc4c23)N=C(c2ccc3ccccc3c2)N=C1c1cccc2c1oc1ccccc12. The Balaban J connectivity index is 1.13. The average Bonchev–Trinajstić information content (AvgIpc) is 3.99. The lowest BCUT2D eigenvalue weighted by Crippen LogP contribution is -2.17. The summed E-state index contributed by atoms with van der Waals surface area (Å²) in [7, 11) is 0. The summed E-state index contributed by atoms with van der Waals surface area (Å²) in [6.45, 7) is 2.27. The molecular weight excluding hydrogens is 759 g/mol. The maximum Gasteiger partial charge on any atom is 0.160 e. The third kappa shape index (κ3) is 5.28. The molecule has 0 saturated heterocycles. The van der Waals surface area contributed by atoms with Gasteiger partial charge in [-0.05, 0) is 82.6 Å². The number of nitrogens with zero attached hydrogens (tertiary/aromatic N) is 3. The summed E-state index contributed by atoms with van der Waals surface area (Å²) in [4.78, 5) is 11.4. The second-order valence-corrected chi connectivity index (χ2v) is 16.5. The Labute approximate surface area is 356 Å². The molecule has 1 aliphatic rings. The largest absolute Gasteiger partial charge is 0.456 e. The molecule has 0 aliphatic carbocycles. The van der Waals surface area contributed by atoms with Gasteiger partial charge in [0.1, 0.15) is 22.3 Å². The fourth-order valence-corrected chi connectivity index (χ4v) is 9.87. The molecular formula is C57H37N3O2. The first-order valence-corrected chi connectivity index (χ1v) is 21.3. The molecule has 4 heterocycles. The summed E-state index contributed by atoms with van der Waals surface area (Å²) in [5, 5.41) is 11.4. The highest BCUT2D eigenvalue weighted by Gasteiger charge is 2.26. The van der Waals surface area contributed by atoms with Crippen LogP contribution >= 0.6 is 0 Å². The average molecular weight is 796 g/mol. The molecule has 62 heavy (non-hydrogen) atoms. The molecule has 12 aromatic rings.